The lowest BCUT2D eigenvalue weighted by atomic mass is 9.85. The first-order valence-corrected chi connectivity index (χ1v) is 8.26. The Balaban J connectivity index is 1.61. The van der Waals surface area contributed by atoms with Crippen LogP contribution in [-0.2, 0) is 13.1 Å². The maximum atomic E-state index is 5.76. The summed E-state index contributed by atoms with van der Waals surface area (Å²) in [6.45, 7) is 7.56. The summed E-state index contributed by atoms with van der Waals surface area (Å²) < 4.78 is 5.76. The molecule has 1 saturated heterocycles. The molecule has 1 N–H and O–H groups in total. The van der Waals surface area contributed by atoms with Crippen LogP contribution in [0, 0.1) is 5.92 Å². The first kappa shape index (κ1) is 14.2. The van der Waals surface area contributed by atoms with Crippen molar-refractivity contribution in [3.63, 3.8) is 0 Å². The first-order valence-electron chi connectivity index (χ1n) is 8.26. The number of furan rings is 1. The van der Waals surface area contributed by atoms with Crippen LogP contribution >= 0.6 is 0 Å². The van der Waals surface area contributed by atoms with Gasteiger partial charge in [0.2, 0.25) is 0 Å². The van der Waals surface area contributed by atoms with Crippen LogP contribution in [0.1, 0.15) is 57.3 Å². The summed E-state index contributed by atoms with van der Waals surface area (Å²) in [5.74, 6) is 2.13. The average Bonchev–Trinajstić information content (AvgIpc) is 3.05. The minimum absolute atomic E-state index is 0.521. The molecule has 112 valence electrons. The van der Waals surface area contributed by atoms with E-state index in [0.717, 1.165) is 25.0 Å². The number of hydrogen-bond donors (Lipinski definition) is 1. The van der Waals surface area contributed by atoms with E-state index in [-0.39, 0.29) is 0 Å². The molecular formula is C17H28N2O. The molecule has 1 saturated carbocycles. The van der Waals surface area contributed by atoms with Crippen LogP contribution in [0.2, 0.25) is 0 Å². The largest absolute Gasteiger partial charge is 0.468 e. The molecule has 2 unspecified atom stereocenters. The van der Waals surface area contributed by atoms with Gasteiger partial charge in [-0.15, -0.1) is 0 Å². The molecule has 3 rings (SSSR count). The van der Waals surface area contributed by atoms with Crippen LogP contribution < -0.4 is 5.32 Å². The van der Waals surface area contributed by atoms with E-state index in [9.17, 15) is 0 Å². The van der Waals surface area contributed by atoms with Gasteiger partial charge in [0.1, 0.15) is 5.76 Å². The number of nitrogens with one attached hydrogen (secondary N) is 1. The Bertz CT molecular complexity index is 426. The summed E-state index contributed by atoms with van der Waals surface area (Å²) in [6.07, 6.45) is 8.94. The molecule has 0 aromatic carbocycles. The van der Waals surface area contributed by atoms with Gasteiger partial charge in [-0.05, 0) is 37.8 Å². The highest BCUT2D eigenvalue weighted by Crippen LogP contribution is 2.37. The highest BCUT2D eigenvalue weighted by Gasteiger charge is 2.35. The number of likely N-dealkylation sites (tertiary alicyclic amines) is 1. The van der Waals surface area contributed by atoms with E-state index in [1.165, 1.54) is 50.0 Å². The van der Waals surface area contributed by atoms with Gasteiger partial charge in [0.15, 0.2) is 0 Å². The van der Waals surface area contributed by atoms with E-state index < -0.39 is 0 Å². The van der Waals surface area contributed by atoms with Crippen molar-refractivity contribution in [2.45, 2.75) is 71.1 Å². The molecule has 0 radical (unpaired) electrons. The maximum absolute atomic E-state index is 5.76. The molecule has 2 fully saturated rings. The van der Waals surface area contributed by atoms with Crippen molar-refractivity contribution in [3.05, 3.63) is 23.7 Å². The summed E-state index contributed by atoms with van der Waals surface area (Å²) in [6, 6.07) is 3.46. The van der Waals surface area contributed by atoms with Crippen molar-refractivity contribution in [2.24, 2.45) is 5.92 Å². The molecule has 2 aliphatic rings. The Kier molecular flexibility index (Phi) is 4.47. The topological polar surface area (TPSA) is 28.4 Å². The summed E-state index contributed by atoms with van der Waals surface area (Å²) in [5.41, 5.74) is 1.33. The molecule has 3 heteroatoms. The van der Waals surface area contributed by atoms with E-state index >= 15 is 0 Å². The van der Waals surface area contributed by atoms with Crippen molar-refractivity contribution in [2.75, 3.05) is 6.54 Å². The van der Waals surface area contributed by atoms with Gasteiger partial charge in [0.05, 0.1) is 12.8 Å². The van der Waals surface area contributed by atoms with Gasteiger partial charge < -0.3 is 9.73 Å². The fourth-order valence-corrected chi connectivity index (χ4v) is 3.86. The first-order chi connectivity index (χ1) is 9.74. The molecule has 3 nitrogen and oxygen atoms in total. The van der Waals surface area contributed by atoms with Crippen LogP contribution in [0.15, 0.2) is 16.7 Å². The SMILES string of the molecule is CC(C)NCc1ccoc1CN1CCC2CCCCC21. The highest BCUT2D eigenvalue weighted by molar-refractivity contribution is 5.17. The van der Waals surface area contributed by atoms with Gasteiger partial charge in [0.25, 0.3) is 0 Å². The molecule has 2 atom stereocenters. The van der Waals surface area contributed by atoms with Crippen molar-refractivity contribution in [1.82, 2.24) is 10.2 Å². The fraction of sp³-hybridized carbons (Fsp3) is 0.765. The van der Waals surface area contributed by atoms with E-state index in [4.69, 9.17) is 4.42 Å². The lowest BCUT2D eigenvalue weighted by molar-refractivity contribution is 0.165. The zero-order valence-corrected chi connectivity index (χ0v) is 12.9. The Morgan fingerprint density at radius 1 is 1.30 bits per heavy atom. The third-order valence-corrected chi connectivity index (χ3v) is 5.01. The van der Waals surface area contributed by atoms with Gasteiger partial charge in [-0.25, -0.2) is 0 Å². The van der Waals surface area contributed by atoms with Crippen molar-refractivity contribution in [3.8, 4) is 0 Å². The van der Waals surface area contributed by atoms with Crippen LogP contribution in [0.25, 0.3) is 0 Å². The van der Waals surface area contributed by atoms with Gasteiger partial charge in [-0.3, -0.25) is 4.90 Å². The smallest absolute Gasteiger partial charge is 0.122 e. The molecule has 1 aromatic rings. The second kappa shape index (κ2) is 6.31. The summed E-state index contributed by atoms with van der Waals surface area (Å²) in [5, 5.41) is 3.49. The second-order valence-corrected chi connectivity index (χ2v) is 6.78. The summed E-state index contributed by atoms with van der Waals surface area (Å²) in [4.78, 5) is 2.67. The maximum Gasteiger partial charge on any atom is 0.122 e. The number of hydrogen-bond acceptors (Lipinski definition) is 3. The molecule has 2 heterocycles. The predicted molar refractivity (Wildman–Crippen MR) is 81.5 cm³/mol. The minimum Gasteiger partial charge on any atom is -0.468 e. The molecule has 1 aromatic heterocycles. The van der Waals surface area contributed by atoms with E-state index in [0.29, 0.717) is 6.04 Å². The Hall–Kier alpha value is -0.800. The minimum atomic E-state index is 0.521. The summed E-state index contributed by atoms with van der Waals surface area (Å²) >= 11 is 0. The molecule has 20 heavy (non-hydrogen) atoms. The van der Waals surface area contributed by atoms with Gasteiger partial charge in [-0.1, -0.05) is 26.7 Å². The fourth-order valence-electron chi connectivity index (χ4n) is 3.86. The molecule has 0 amide bonds. The zero-order valence-electron chi connectivity index (χ0n) is 12.9. The molecule has 0 spiro atoms. The molecule has 1 aliphatic heterocycles. The molecular weight excluding hydrogens is 248 g/mol. The van der Waals surface area contributed by atoms with Gasteiger partial charge in [-0.2, -0.15) is 0 Å². The van der Waals surface area contributed by atoms with Gasteiger partial charge in [0, 0.05) is 24.2 Å². The Morgan fingerprint density at radius 2 is 2.15 bits per heavy atom. The number of nitrogens with zero attached hydrogens (tertiary/aromatic N) is 1. The lowest BCUT2D eigenvalue weighted by Crippen LogP contribution is -2.34. The van der Waals surface area contributed by atoms with Gasteiger partial charge >= 0.3 is 0 Å². The predicted octanol–water partition coefficient (Wildman–Crippen LogP) is 3.54. The van der Waals surface area contributed by atoms with Crippen molar-refractivity contribution >= 4 is 0 Å². The third kappa shape index (κ3) is 3.09. The molecule has 1 aliphatic carbocycles. The van der Waals surface area contributed by atoms with E-state index in [1.807, 2.05) is 6.26 Å². The summed E-state index contributed by atoms with van der Waals surface area (Å²) in [7, 11) is 0. The van der Waals surface area contributed by atoms with Crippen LogP contribution in [0.5, 0.6) is 0 Å². The van der Waals surface area contributed by atoms with Crippen LogP contribution in [-0.4, -0.2) is 23.5 Å². The lowest BCUT2D eigenvalue weighted by Gasteiger charge is -2.31. The van der Waals surface area contributed by atoms with Crippen molar-refractivity contribution < 1.29 is 4.42 Å². The number of fused-ring (bicyclic) bond motifs is 1. The van der Waals surface area contributed by atoms with Crippen LogP contribution in [0.3, 0.4) is 0 Å². The normalized spacial score (nSPS) is 27.1. The highest BCUT2D eigenvalue weighted by atomic mass is 16.3. The average molecular weight is 276 g/mol. The second-order valence-electron chi connectivity index (χ2n) is 6.78. The monoisotopic (exact) mass is 276 g/mol. The Morgan fingerprint density at radius 3 is 3.00 bits per heavy atom. The van der Waals surface area contributed by atoms with E-state index in [2.05, 4.69) is 30.1 Å². The zero-order chi connectivity index (χ0) is 13.9. The quantitative estimate of drug-likeness (QED) is 0.891. The standard InChI is InChI=1S/C17H28N2O/c1-13(2)18-11-15-8-10-20-17(15)12-19-9-7-14-5-3-4-6-16(14)19/h8,10,13-14,16,18H,3-7,9,11-12H2,1-2H3. The third-order valence-electron chi connectivity index (χ3n) is 5.01. The molecule has 0 bridgehead atoms. The van der Waals surface area contributed by atoms with Crippen LogP contribution in [0.4, 0.5) is 0 Å². The van der Waals surface area contributed by atoms with Crippen molar-refractivity contribution in [1.29, 1.82) is 0 Å². The Labute approximate surface area is 122 Å². The van der Waals surface area contributed by atoms with E-state index in [1.54, 1.807) is 0 Å². The number of rotatable bonds is 5.